The molecule has 1 aromatic rings. The van der Waals surface area contributed by atoms with Gasteiger partial charge in [0.25, 0.3) is 0 Å². The van der Waals surface area contributed by atoms with E-state index in [1.165, 1.54) is 0 Å². The predicted molar refractivity (Wildman–Crippen MR) is 179 cm³/mol. The van der Waals surface area contributed by atoms with Gasteiger partial charge in [0, 0.05) is 38.0 Å². The van der Waals surface area contributed by atoms with E-state index in [4.69, 9.17) is 47.4 Å². The molecule has 0 aromatic heterocycles. The van der Waals surface area contributed by atoms with Gasteiger partial charge in [-0.1, -0.05) is 0 Å². The topological polar surface area (TPSA) is 160 Å². The van der Waals surface area contributed by atoms with E-state index in [0.29, 0.717) is 125 Å². The van der Waals surface area contributed by atoms with Crippen molar-refractivity contribution in [3.8, 4) is 5.75 Å². The van der Waals surface area contributed by atoms with E-state index >= 15 is 0 Å². The van der Waals surface area contributed by atoms with Crippen LogP contribution in [0.15, 0.2) is 6.07 Å². The Morgan fingerprint density at radius 2 is 0.849 bits per heavy atom. The Balaban J connectivity index is 1.18. The molecule has 1 fully saturated rings. The third kappa shape index (κ3) is 24.5. The smallest absolute Gasteiger partial charge is 0.313 e. The lowest BCUT2D eigenvalue weighted by atomic mass is 10.0. The molecule has 2 N–H and O–H groups in total. The molecule has 1 aromatic carbocycles. The second kappa shape index (κ2) is 31.8. The molecule has 1 aliphatic heterocycles. The van der Waals surface area contributed by atoms with Crippen LogP contribution in [0, 0.1) is 29.2 Å². The van der Waals surface area contributed by atoms with Crippen molar-refractivity contribution in [2.45, 2.75) is 12.8 Å². The first-order valence-corrected chi connectivity index (χ1v) is 17.7. The van der Waals surface area contributed by atoms with E-state index in [1.54, 1.807) is 0 Å². The fourth-order valence-electron chi connectivity index (χ4n) is 4.05. The number of esters is 1. The fourth-order valence-corrected chi connectivity index (χ4v) is 4.05. The molecule has 19 heteroatoms. The van der Waals surface area contributed by atoms with Gasteiger partial charge in [-0.15, -0.1) is 0 Å². The molecule has 0 aliphatic carbocycles. The van der Waals surface area contributed by atoms with Crippen LogP contribution in [0.4, 0.5) is 17.6 Å². The molecular formula is C34H54F4N2O13. The molecule has 2 rings (SSSR count). The van der Waals surface area contributed by atoms with Crippen LogP contribution >= 0.6 is 0 Å². The number of benzene rings is 1. The summed E-state index contributed by atoms with van der Waals surface area (Å²) in [5.41, 5.74) is 0. The third-order valence-corrected chi connectivity index (χ3v) is 7.01. The summed E-state index contributed by atoms with van der Waals surface area (Å²) in [6.45, 7) is 9.91. The van der Waals surface area contributed by atoms with Crippen LogP contribution in [0.25, 0.3) is 0 Å². The lowest BCUT2D eigenvalue weighted by Crippen LogP contribution is -2.48. The SMILES string of the molecule is O=C(CCOCCOCCOCCOCCOCCOCCOCCOCCOCCOCCC(=O)Oc1c(F)c(F)cc(F)c1F)NCC1CNC1. The van der Waals surface area contributed by atoms with E-state index < -0.39 is 41.4 Å². The van der Waals surface area contributed by atoms with Gasteiger partial charge in [0.05, 0.1) is 139 Å². The Kier molecular flexibility index (Phi) is 27.9. The van der Waals surface area contributed by atoms with Crippen molar-refractivity contribution in [2.24, 2.45) is 5.92 Å². The maximum absolute atomic E-state index is 13.5. The lowest BCUT2D eigenvalue weighted by Gasteiger charge is -2.27. The maximum Gasteiger partial charge on any atom is 0.313 e. The minimum Gasteiger partial charge on any atom is -0.420 e. The monoisotopic (exact) mass is 774 g/mol. The highest BCUT2D eigenvalue weighted by atomic mass is 19.2. The van der Waals surface area contributed by atoms with E-state index in [9.17, 15) is 27.2 Å². The van der Waals surface area contributed by atoms with Gasteiger partial charge >= 0.3 is 5.97 Å². The molecular weight excluding hydrogens is 720 g/mol. The molecule has 0 atom stereocenters. The first-order valence-electron chi connectivity index (χ1n) is 17.7. The van der Waals surface area contributed by atoms with Crippen LogP contribution in [0.2, 0.25) is 0 Å². The summed E-state index contributed by atoms with van der Waals surface area (Å²) < 4.78 is 112. The summed E-state index contributed by atoms with van der Waals surface area (Å²) in [5.74, 6) is -8.93. The average molecular weight is 775 g/mol. The number of ether oxygens (including phenoxy) is 11. The van der Waals surface area contributed by atoms with Crippen LogP contribution in [-0.4, -0.2) is 164 Å². The van der Waals surface area contributed by atoms with Crippen LogP contribution in [0.1, 0.15) is 12.8 Å². The molecule has 1 heterocycles. The molecule has 0 bridgehead atoms. The van der Waals surface area contributed by atoms with E-state index in [0.717, 1.165) is 19.6 Å². The van der Waals surface area contributed by atoms with Crippen molar-refractivity contribution in [3.63, 3.8) is 0 Å². The zero-order valence-corrected chi connectivity index (χ0v) is 30.2. The quantitative estimate of drug-likeness (QED) is 0.0332. The van der Waals surface area contributed by atoms with Gasteiger partial charge < -0.3 is 62.7 Å². The number of amides is 1. The summed E-state index contributed by atoms with van der Waals surface area (Å²) in [4.78, 5) is 23.3. The third-order valence-electron chi connectivity index (χ3n) is 7.01. The van der Waals surface area contributed by atoms with Gasteiger partial charge in [0.15, 0.2) is 11.6 Å². The van der Waals surface area contributed by atoms with E-state index in [1.807, 2.05) is 0 Å². The van der Waals surface area contributed by atoms with E-state index in [-0.39, 0.29) is 31.8 Å². The number of halogens is 4. The Hall–Kier alpha value is -2.56. The number of carbonyl (C=O) groups excluding carboxylic acids is 2. The largest absolute Gasteiger partial charge is 0.420 e. The second-order valence-corrected chi connectivity index (χ2v) is 11.2. The normalized spacial score (nSPS) is 13.0. The van der Waals surface area contributed by atoms with Crippen molar-refractivity contribution in [3.05, 3.63) is 29.3 Å². The minimum atomic E-state index is -1.80. The van der Waals surface area contributed by atoms with Crippen molar-refractivity contribution in [1.29, 1.82) is 0 Å². The molecule has 0 saturated carbocycles. The fraction of sp³-hybridized carbons (Fsp3) is 0.765. The van der Waals surface area contributed by atoms with Crippen LogP contribution in [-0.2, 0) is 57.0 Å². The van der Waals surface area contributed by atoms with Crippen molar-refractivity contribution < 1.29 is 79.3 Å². The molecule has 0 spiro atoms. The summed E-state index contributed by atoms with van der Waals surface area (Å²) in [5, 5.41) is 6.07. The average Bonchev–Trinajstić information content (AvgIpc) is 3.12. The summed E-state index contributed by atoms with van der Waals surface area (Å²) in [7, 11) is 0. The molecule has 1 amide bonds. The highest BCUT2D eigenvalue weighted by molar-refractivity contribution is 5.76. The highest BCUT2D eigenvalue weighted by Gasteiger charge is 2.23. The maximum atomic E-state index is 13.5. The summed E-state index contributed by atoms with van der Waals surface area (Å²) >= 11 is 0. The first-order chi connectivity index (χ1) is 25.9. The number of hydrogen-bond acceptors (Lipinski definition) is 14. The first kappa shape index (κ1) is 46.6. The lowest BCUT2D eigenvalue weighted by molar-refractivity contribution is -0.136. The number of nitrogens with one attached hydrogen (secondary N) is 2. The zero-order valence-electron chi connectivity index (χ0n) is 30.2. The number of rotatable bonds is 36. The Morgan fingerprint density at radius 3 is 1.17 bits per heavy atom. The Morgan fingerprint density at radius 1 is 0.528 bits per heavy atom. The zero-order chi connectivity index (χ0) is 38.2. The van der Waals surface area contributed by atoms with Crippen molar-refractivity contribution in [2.75, 3.05) is 152 Å². The van der Waals surface area contributed by atoms with Gasteiger partial charge in [0.1, 0.15) is 0 Å². The van der Waals surface area contributed by atoms with Crippen LogP contribution in [0.5, 0.6) is 5.75 Å². The molecule has 1 aliphatic rings. The standard InChI is InChI=1S/C34H54F4N2O13/c35-28-23-29(36)33(38)34(32(28)37)53-31(42)2-4-44-6-8-46-10-12-48-14-16-50-18-20-52-22-21-51-19-17-49-15-13-47-11-9-45-7-5-43-3-1-30(41)40-26-27-24-39-25-27/h23,27,39H,1-22,24-26H2,(H,40,41). The Labute approximate surface area is 307 Å². The molecule has 306 valence electrons. The molecule has 0 radical (unpaired) electrons. The van der Waals surface area contributed by atoms with Crippen molar-refractivity contribution in [1.82, 2.24) is 10.6 Å². The Bertz CT molecular complexity index is 1080. The number of carbonyl (C=O) groups is 2. The molecule has 1 saturated heterocycles. The van der Waals surface area contributed by atoms with Crippen LogP contribution in [0.3, 0.4) is 0 Å². The van der Waals surface area contributed by atoms with E-state index in [2.05, 4.69) is 15.4 Å². The highest BCUT2D eigenvalue weighted by Crippen LogP contribution is 2.26. The van der Waals surface area contributed by atoms with Crippen LogP contribution < -0.4 is 15.4 Å². The molecule has 0 unspecified atom stereocenters. The van der Waals surface area contributed by atoms with Gasteiger partial charge in [-0.3, -0.25) is 9.59 Å². The summed E-state index contributed by atoms with van der Waals surface area (Å²) in [6.07, 6.45) is -0.0435. The summed E-state index contributed by atoms with van der Waals surface area (Å²) in [6, 6.07) is 0.0170. The minimum absolute atomic E-state index is 0.0109. The second-order valence-electron chi connectivity index (χ2n) is 11.2. The van der Waals surface area contributed by atoms with Gasteiger partial charge in [-0.25, -0.2) is 8.78 Å². The number of hydrogen-bond donors (Lipinski definition) is 2. The van der Waals surface area contributed by atoms with Gasteiger partial charge in [-0.2, -0.15) is 8.78 Å². The molecule has 15 nitrogen and oxygen atoms in total. The van der Waals surface area contributed by atoms with Gasteiger partial charge in [-0.05, 0) is 0 Å². The van der Waals surface area contributed by atoms with Crippen molar-refractivity contribution >= 4 is 11.9 Å². The predicted octanol–water partition coefficient (Wildman–Crippen LogP) is 1.43. The van der Waals surface area contributed by atoms with Gasteiger partial charge in [0.2, 0.25) is 23.3 Å². The molecule has 53 heavy (non-hydrogen) atoms.